The largest absolute Gasteiger partial charge is 0.353 e. The normalized spacial score (nSPS) is 20.6. The van der Waals surface area contributed by atoms with Gasteiger partial charge in [0.2, 0.25) is 5.91 Å². The lowest BCUT2D eigenvalue weighted by atomic mass is 9.86. The van der Waals surface area contributed by atoms with Crippen LogP contribution in [0.5, 0.6) is 0 Å². The van der Waals surface area contributed by atoms with Crippen molar-refractivity contribution in [2.45, 2.75) is 52.1 Å². The van der Waals surface area contributed by atoms with Crippen LogP contribution in [0.4, 0.5) is 0 Å². The molecule has 2 atom stereocenters. The molecule has 1 aliphatic carbocycles. The Morgan fingerprint density at radius 2 is 2.04 bits per heavy atom. The second-order valence-electron chi connectivity index (χ2n) is 6.83. The number of halogens is 1. The van der Waals surface area contributed by atoms with Crippen molar-refractivity contribution in [1.29, 1.82) is 0 Å². The third-order valence-electron chi connectivity index (χ3n) is 4.53. The number of carbonyl (C=O) groups excluding carboxylic acids is 1. The van der Waals surface area contributed by atoms with Gasteiger partial charge in [-0.15, -0.1) is 35.3 Å². The maximum atomic E-state index is 11.8. The standard InChI is InChI=1S/C18H30N4OS.HI/c1-13-7-5-6-8-16(13)21-18(20-12-17(23)22(3)4)19-11-15-10-9-14(2)24-15;/h9-10,13,16H,5-8,11-12H2,1-4H3,(H2,19,20,21);1H. The maximum absolute atomic E-state index is 11.8. The maximum Gasteiger partial charge on any atom is 0.243 e. The molecule has 1 aromatic rings. The number of amides is 1. The average Bonchev–Trinajstić information content (AvgIpc) is 2.97. The SMILES string of the molecule is Cc1ccc(CNC(=NCC(=O)N(C)C)NC2CCCCC2C)s1.I. The van der Waals surface area contributed by atoms with Gasteiger partial charge in [-0.2, -0.15) is 0 Å². The van der Waals surface area contributed by atoms with Gasteiger partial charge in [-0.25, -0.2) is 4.99 Å². The highest BCUT2D eigenvalue weighted by molar-refractivity contribution is 14.0. The minimum atomic E-state index is 0. The summed E-state index contributed by atoms with van der Waals surface area (Å²) in [6, 6.07) is 4.70. The van der Waals surface area contributed by atoms with Gasteiger partial charge in [0.05, 0.1) is 6.54 Å². The summed E-state index contributed by atoms with van der Waals surface area (Å²) in [6.45, 7) is 5.32. The predicted octanol–water partition coefficient (Wildman–Crippen LogP) is 3.38. The van der Waals surface area contributed by atoms with Gasteiger partial charge in [0.1, 0.15) is 6.54 Å². The minimum absolute atomic E-state index is 0. The van der Waals surface area contributed by atoms with Crippen LogP contribution in [0, 0.1) is 12.8 Å². The third-order valence-corrected chi connectivity index (χ3v) is 5.53. The second-order valence-corrected chi connectivity index (χ2v) is 8.20. The molecule has 2 rings (SSSR count). The number of carbonyl (C=O) groups is 1. The molecule has 0 radical (unpaired) electrons. The number of aryl methyl sites for hydroxylation is 1. The molecule has 2 unspecified atom stereocenters. The summed E-state index contributed by atoms with van der Waals surface area (Å²) in [5.74, 6) is 1.40. The Morgan fingerprint density at radius 3 is 2.64 bits per heavy atom. The van der Waals surface area contributed by atoms with Gasteiger partial charge in [-0.3, -0.25) is 4.79 Å². The molecule has 0 spiro atoms. The zero-order valence-electron chi connectivity index (χ0n) is 15.7. The van der Waals surface area contributed by atoms with E-state index >= 15 is 0 Å². The Balaban J connectivity index is 0.00000312. The molecule has 7 heteroatoms. The van der Waals surface area contributed by atoms with E-state index in [0.29, 0.717) is 12.0 Å². The van der Waals surface area contributed by atoms with Crippen LogP contribution in [0.15, 0.2) is 17.1 Å². The van der Waals surface area contributed by atoms with Gasteiger partial charge in [-0.1, -0.05) is 19.8 Å². The topological polar surface area (TPSA) is 56.7 Å². The predicted molar refractivity (Wildman–Crippen MR) is 117 cm³/mol. The Hall–Kier alpha value is -0.830. The Labute approximate surface area is 172 Å². The third kappa shape index (κ3) is 7.52. The fraction of sp³-hybridized carbons (Fsp3) is 0.667. The van der Waals surface area contributed by atoms with Crippen LogP contribution >= 0.6 is 35.3 Å². The van der Waals surface area contributed by atoms with Gasteiger partial charge in [0.25, 0.3) is 0 Å². The first-order valence-corrected chi connectivity index (χ1v) is 9.57. The Morgan fingerprint density at radius 1 is 1.32 bits per heavy atom. The number of hydrogen-bond acceptors (Lipinski definition) is 3. The van der Waals surface area contributed by atoms with E-state index in [4.69, 9.17) is 0 Å². The van der Waals surface area contributed by atoms with Gasteiger partial charge in [-0.05, 0) is 37.8 Å². The van der Waals surface area contributed by atoms with Gasteiger partial charge >= 0.3 is 0 Å². The number of nitrogens with one attached hydrogen (secondary N) is 2. The fourth-order valence-corrected chi connectivity index (χ4v) is 3.73. The number of guanidine groups is 1. The second kappa shape index (κ2) is 11.0. The first-order chi connectivity index (χ1) is 11.5. The van der Waals surface area contributed by atoms with Crippen LogP contribution in [-0.4, -0.2) is 43.4 Å². The van der Waals surface area contributed by atoms with Crippen molar-refractivity contribution < 1.29 is 4.79 Å². The fourth-order valence-electron chi connectivity index (χ4n) is 2.90. The molecule has 1 saturated carbocycles. The molecule has 0 aliphatic heterocycles. The zero-order chi connectivity index (χ0) is 17.5. The monoisotopic (exact) mass is 478 g/mol. The summed E-state index contributed by atoms with van der Waals surface area (Å²) in [7, 11) is 3.52. The van der Waals surface area contributed by atoms with E-state index in [1.165, 1.54) is 35.4 Å². The lowest BCUT2D eigenvalue weighted by molar-refractivity contribution is -0.127. The molecule has 2 N–H and O–H groups in total. The highest BCUT2D eigenvalue weighted by atomic mass is 127. The quantitative estimate of drug-likeness (QED) is 0.388. The molecule has 0 aromatic carbocycles. The van der Waals surface area contributed by atoms with E-state index < -0.39 is 0 Å². The van der Waals surface area contributed by atoms with Crippen molar-refractivity contribution in [2.24, 2.45) is 10.9 Å². The number of nitrogens with zero attached hydrogens (tertiary/aromatic N) is 2. The van der Waals surface area contributed by atoms with Crippen LogP contribution in [-0.2, 0) is 11.3 Å². The number of rotatable bonds is 5. The van der Waals surface area contributed by atoms with Crippen molar-refractivity contribution in [3.63, 3.8) is 0 Å². The molecule has 142 valence electrons. The van der Waals surface area contributed by atoms with E-state index in [0.717, 1.165) is 12.5 Å². The van der Waals surface area contributed by atoms with Crippen molar-refractivity contribution in [3.8, 4) is 0 Å². The lowest BCUT2D eigenvalue weighted by Crippen LogP contribution is -2.47. The van der Waals surface area contributed by atoms with Crippen LogP contribution in [0.3, 0.4) is 0 Å². The molecule has 1 aliphatic rings. The Bertz CT molecular complexity index is 573. The molecule has 0 bridgehead atoms. The van der Waals surface area contributed by atoms with Crippen LogP contribution in [0.1, 0.15) is 42.4 Å². The summed E-state index contributed by atoms with van der Waals surface area (Å²) >= 11 is 1.79. The number of aliphatic imine (C=N–C) groups is 1. The van der Waals surface area contributed by atoms with Gasteiger partial charge < -0.3 is 15.5 Å². The summed E-state index contributed by atoms with van der Waals surface area (Å²) in [5, 5.41) is 6.94. The highest BCUT2D eigenvalue weighted by Crippen LogP contribution is 2.23. The van der Waals surface area contributed by atoms with E-state index in [-0.39, 0.29) is 36.4 Å². The summed E-state index contributed by atoms with van der Waals surface area (Å²) < 4.78 is 0. The first kappa shape index (κ1) is 22.2. The summed E-state index contributed by atoms with van der Waals surface area (Å²) in [6.07, 6.45) is 5.00. The Kier molecular flexibility index (Phi) is 9.78. The van der Waals surface area contributed by atoms with E-state index in [9.17, 15) is 4.79 Å². The molecule has 0 saturated heterocycles. The van der Waals surface area contributed by atoms with Crippen LogP contribution < -0.4 is 10.6 Å². The molecule has 1 amide bonds. The number of hydrogen-bond donors (Lipinski definition) is 2. The van der Waals surface area contributed by atoms with Gasteiger partial charge in [0, 0.05) is 29.9 Å². The first-order valence-electron chi connectivity index (χ1n) is 8.76. The summed E-state index contributed by atoms with van der Waals surface area (Å²) in [5.41, 5.74) is 0. The van der Waals surface area contributed by atoms with Crippen molar-refractivity contribution in [1.82, 2.24) is 15.5 Å². The van der Waals surface area contributed by atoms with Crippen molar-refractivity contribution in [3.05, 3.63) is 21.9 Å². The molecule has 5 nitrogen and oxygen atoms in total. The molecule has 1 fully saturated rings. The molecular formula is C18H31IN4OS. The molecule has 1 heterocycles. The van der Waals surface area contributed by atoms with Crippen molar-refractivity contribution in [2.75, 3.05) is 20.6 Å². The van der Waals surface area contributed by atoms with Crippen LogP contribution in [0.25, 0.3) is 0 Å². The van der Waals surface area contributed by atoms with E-state index in [2.05, 4.69) is 41.6 Å². The van der Waals surface area contributed by atoms with E-state index in [1.807, 2.05) is 0 Å². The minimum Gasteiger partial charge on any atom is -0.353 e. The number of thiophene rings is 1. The average molecular weight is 478 g/mol. The van der Waals surface area contributed by atoms with Crippen molar-refractivity contribution >= 4 is 47.2 Å². The smallest absolute Gasteiger partial charge is 0.243 e. The van der Waals surface area contributed by atoms with Gasteiger partial charge in [0.15, 0.2) is 5.96 Å². The molecular weight excluding hydrogens is 447 g/mol. The summed E-state index contributed by atoms with van der Waals surface area (Å²) in [4.78, 5) is 20.5. The number of likely N-dealkylation sites (N-methyl/N-ethyl adjacent to an activating group) is 1. The molecule has 25 heavy (non-hydrogen) atoms. The highest BCUT2D eigenvalue weighted by Gasteiger charge is 2.22. The zero-order valence-corrected chi connectivity index (χ0v) is 18.8. The molecule has 1 aromatic heterocycles. The van der Waals surface area contributed by atoms with E-state index in [1.54, 1.807) is 30.3 Å². The lowest BCUT2D eigenvalue weighted by Gasteiger charge is -2.31. The van der Waals surface area contributed by atoms with Crippen LogP contribution in [0.2, 0.25) is 0 Å².